The Morgan fingerprint density at radius 3 is 1.20 bits per heavy atom. The average molecular weight is 1190 g/mol. The summed E-state index contributed by atoms with van der Waals surface area (Å²) in [7, 11) is 0. The van der Waals surface area contributed by atoms with Gasteiger partial charge in [-0.05, 0) is 122 Å². The van der Waals surface area contributed by atoms with E-state index in [9.17, 15) is 34.5 Å². The number of carboxylic acids is 1. The lowest BCUT2D eigenvalue weighted by molar-refractivity contribution is -0.301. The van der Waals surface area contributed by atoms with Gasteiger partial charge >= 0.3 is 23.9 Å². The van der Waals surface area contributed by atoms with Crippen LogP contribution in [-0.2, 0) is 42.9 Å². The van der Waals surface area contributed by atoms with Gasteiger partial charge in [0.1, 0.15) is 18.8 Å². The predicted octanol–water partition coefficient (Wildman–Crippen LogP) is 18.6. The molecule has 85 heavy (non-hydrogen) atoms. The van der Waals surface area contributed by atoms with Crippen molar-refractivity contribution in [2.75, 3.05) is 13.2 Å². The zero-order valence-corrected chi connectivity index (χ0v) is 53.6. The fourth-order valence-electron chi connectivity index (χ4n) is 9.64. The molecule has 0 bridgehead atoms. The highest BCUT2D eigenvalue weighted by atomic mass is 16.7. The molecule has 0 saturated carbocycles. The Labute approximate surface area is 516 Å². The Morgan fingerprint density at radius 2 is 0.753 bits per heavy atom. The summed E-state index contributed by atoms with van der Waals surface area (Å²) in [5, 5.41) is 31.6. The fraction of sp³-hybridized carbons (Fsp3) is 0.699. The Morgan fingerprint density at radius 1 is 0.400 bits per heavy atom. The summed E-state index contributed by atoms with van der Waals surface area (Å²) in [5.41, 5.74) is 0. The average Bonchev–Trinajstić information content (AvgIpc) is 2.83. The van der Waals surface area contributed by atoms with E-state index < -0.39 is 67.3 Å². The molecule has 0 aliphatic carbocycles. The van der Waals surface area contributed by atoms with Crippen LogP contribution < -0.4 is 0 Å². The van der Waals surface area contributed by atoms with Crippen molar-refractivity contribution in [2.24, 2.45) is 0 Å². The van der Waals surface area contributed by atoms with E-state index in [1.165, 1.54) is 96.3 Å². The van der Waals surface area contributed by atoms with Gasteiger partial charge in [0.25, 0.3) is 0 Å². The summed E-state index contributed by atoms with van der Waals surface area (Å²) < 4.78 is 28.5. The van der Waals surface area contributed by atoms with Gasteiger partial charge < -0.3 is 39.0 Å². The van der Waals surface area contributed by atoms with Gasteiger partial charge in [0, 0.05) is 19.3 Å². The van der Waals surface area contributed by atoms with Gasteiger partial charge in [-0.2, -0.15) is 0 Å². The van der Waals surface area contributed by atoms with Crippen LogP contribution in [0.1, 0.15) is 278 Å². The van der Waals surface area contributed by atoms with E-state index >= 15 is 0 Å². The van der Waals surface area contributed by atoms with Crippen LogP contribution in [0.2, 0.25) is 0 Å². The second kappa shape index (κ2) is 59.7. The molecule has 6 atom stereocenters. The first-order chi connectivity index (χ1) is 41.6. The van der Waals surface area contributed by atoms with Crippen LogP contribution in [0.3, 0.4) is 0 Å². The molecule has 6 unspecified atom stereocenters. The van der Waals surface area contributed by atoms with Crippen molar-refractivity contribution >= 4 is 23.9 Å². The highest BCUT2D eigenvalue weighted by Gasteiger charge is 2.50. The highest BCUT2D eigenvalue weighted by molar-refractivity contribution is 5.74. The van der Waals surface area contributed by atoms with Gasteiger partial charge in [-0.3, -0.25) is 14.4 Å². The normalized spacial score (nSPS) is 18.2. The van der Waals surface area contributed by atoms with Gasteiger partial charge in [0.05, 0.1) is 6.61 Å². The minimum Gasteiger partial charge on any atom is -0.479 e. The molecule has 0 spiro atoms. The molecule has 0 aromatic carbocycles. The van der Waals surface area contributed by atoms with E-state index in [1.807, 2.05) is 12.2 Å². The summed E-state index contributed by atoms with van der Waals surface area (Å²) in [6.45, 7) is 5.84. The smallest absolute Gasteiger partial charge is 0.335 e. The molecule has 12 heteroatoms. The zero-order chi connectivity index (χ0) is 61.7. The lowest BCUT2D eigenvalue weighted by atomic mass is 9.98. The molecule has 3 N–H and O–H groups in total. The number of aliphatic carboxylic acids is 1. The Balaban J connectivity index is 2.70. The molecule has 0 aromatic rings. The maximum atomic E-state index is 13.2. The van der Waals surface area contributed by atoms with Crippen molar-refractivity contribution in [3.63, 3.8) is 0 Å². The Hall–Kier alpha value is -4.62. The SMILES string of the molecule is CC/C=C\C/C=C\C/C=C\C/C=C\C/C=C\CCCC(=O)OC1C(OCC(COC(=O)CCCCCCCC/C=C\C/C=C\C/C=C\CCCCC)OC(=O)CCCCCCCCCCC/C=C\CCCCCCCC)OC(C(=O)O)C(O)C1O. The number of allylic oxidation sites excluding steroid dienone is 18. The van der Waals surface area contributed by atoms with Gasteiger partial charge in [-0.25, -0.2) is 4.79 Å². The molecule has 12 nitrogen and oxygen atoms in total. The minimum atomic E-state index is -1.93. The number of ether oxygens (including phenoxy) is 5. The largest absolute Gasteiger partial charge is 0.479 e. The number of aliphatic hydroxyl groups excluding tert-OH is 2. The van der Waals surface area contributed by atoms with Gasteiger partial charge in [0.2, 0.25) is 0 Å². The number of hydrogen-bond acceptors (Lipinski definition) is 11. The number of aliphatic hydroxyl groups is 2. The summed E-state index contributed by atoms with van der Waals surface area (Å²) >= 11 is 0. The summed E-state index contributed by atoms with van der Waals surface area (Å²) in [4.78, 5) is 51.4. The van der Waals surface area contributed by atoms with Gasteiger partial charge in [-0.15, -0.1) is 0 Å². The molecular formula is C73H120O12. The quantitative estimate of drug-likeness (QED) is 0.0228. The van der Waals surface area contributed by atoms with Crippen LogP contribution in [0.4, 0.5) is 0 Å². The van der Waals surface area contributed by atoms with Crippen molar-refractivity contribution in [3.05, 3.63) is 109 Å². The molecule has 0 aromatic heterocycles. The third kappa shape index (κ3) is 49.1. The van der Waals surface area contributed by atoms with E-state index in [-0.39, 0.29) is 25.9 Å². The highest BCUT2D eigenvalue weighted by Crippen LogP contribution is 2.26. The number of esters is 3. The number of carbonyl (C=O) groups excluding carboxylic acids is 3. The number of unbranched alkanes of at least 4 members (excludes halogenated alkanes) is 25. The minimum absolute atomic E-state index is 0.0236. The lowest BCUT2D eigenvalue weighted by Gasteiger charge is -2.40. The molecule has 1 rings (SSSR count). The topological polar surface area (TPSA) is 175 Å². The molecule has 0 radical (unpaired) electrons. The van der Waals surface area contributed by atoms with E-state index in [2.05, 4.69) is 118 Å². The van der Waals surface area contributed by atoms with Crippen LogP contribution in [0, 0.1) is 0 Å². The first-order valence-electron chi connectivity index (χ1n) is 33.9. The van der Waals surface area contributed by atoms with Crippen molar-refractivity contribution in [2.45, 2.75) is 314 Å². The Bertz CT molecular complexity index is 1890. The lowest BCUT2D eigenvalue weighted by Crippen LogP contribution is -2.61. The molecule has 484 valence electrons. The summed E-state index contributed by atoms with van der Waals surface area (Å²) in [6, 6.07) is 0. The van der Waals surface area contributed by atoms with Crippen LogP contribution in [0.15, 0.2) is 109 Å². The van der Waals surface area contributed by atoms with Gasteiger partial charge in [0.15, 0.2) is 24.6 Å². The van der Waals surface area contributed by atoms with Crippen LogP contribution in [0.5, 0.6) is 0 Å². The molecule has 1 aliphatic rings. The fourth-order valence-corrected chi connectivity index (χ4v) is 9.64. The zero-order valence-electron chi connectivity index (χ0n) is 53.6. The third-order valence-corrected chi connectivity index (χ3v) is 14.8. The molecule has 1 fully saturated rings. The third-order valence-electron chi connectivity index (χ3n) is 14.8. The van der Waals surface area contributed by atoms with E-state index in [4.69, 9.17) is 23.7 Å². The number of hydrogen-bond donors (Lipinski definition) is 3. The van der Waals surface area contributed by atoms with E-state index in [0.717, 1.165) is 116 Å². The standard InChI is InChI=1S/C73H120O12/c1-4-7-10-13-16-19-22-25-28-31-33-36-38-41-44-47-50-53-56-59-65(74)81-62-64(83-66(75)60-57-54-51-48-45-42-40-37-34-32-29-26-23-20-17-14-11-8-5-2)63-82-73-71(69(78)68(77)70(85-73)72(79)80)84-67(76)61-58-55-52-49-46-43-39-35-30-27-24-21-18-15-12-9-6-3/h9,12,16,18-19,21,25-30,33,36,39,43,49,52,64,68-71,73,77-78H,4-8,10-11,13-15,17,20,22-24,31-32,34-35,37-38,40-42,44-48,50-51,53-63H2,1-3H3,(H,79,80)/b12-9-,19-16-,21-18-,28-25-,29-26-,30-27-,36-33-,43-39-,52-49-. The van der Waals surface area contributed by atoms with Gasteiger partial charge in [-0.1, -0.05) is 246 Å². The second-order valence-corrected chi connectivity index (χ2v) is 22.7. The summed E-state index contributed by atoms with van der Waals surface area (Å²) in [5.74, 6) is -3.21. The van der Waals surface area contributed by atoms with Crippen LogP contribution in [-0.4, -0.2) is 89.2 Å². The number of carboxylic acid groups (broad SMARTS) is 1. The summed E-state index contributed by atoms with van der Waals surface area (Å²) in [6.07, 6.45) is 69.0. The predicted molar refractivity (Wildman–Crippen MR) is 349 cm³/mol. The van der Waals surface area contributed by atoms with Crippen LogP contribution in [0.25, 0.3) is 0 Å². The second-order valence-electron chi connectivity index (χ2n) is 22.7. The van der Waals surface area contributed by atoms with E-state index in [1.54, 1.807) is 0 Å². The first kappa shape index (κ1) is 78.4. The van der Waals surface area contributed by atoms with Crippen molar-refractivity contribution < 1.29 is 58.2 Å². The van der Waals surface area contributed by atoms with Crippen molar-refractivity contribution in [1.29, 1.82) is 0 Å². The van der Waals surface area contributed by atoms with Crippen LogP contribution >= 0.6 is 0 Å². The molecule has 0 amide bonds. The van der Waals surface area contributed by atoms with Crippen molar-refractivity contribution in [1.82, 2.24) is 0 Å². The number of carbonyl (C=O) groups is 4. The van der Waals surface area contributed by atoms with E-state index in [0.29, 0.717) is 25.7 Å². The molecular weight excluding hydrogens is 1070 g/mol. The first-order valence-corrected chi connectivity index (χ1v) is 33.9. The maximum Gasteiger partial charge on any atom is 0.335 e. The Kier molecular flexibility index (Phi) is 55.1. The van der Waals surface area contributed by atoms with Crippen molar-refractivity contribution in [3.8, 4) is 0 Å². The monoisotopic (exact) mass is 1190 g/mol. The molecule has 1 heterocycles. The maximum absolute atomic E-state index is 13.2. The molecule has 1 saturated heterocycles. The number of rotatable bonds is 57. The molecule has 1 aliphatic heterocycles.